The van der Waals surface area contributed by atoms with Gasteiger partial charge in [-0.15, -0.1) is 4.59 Å². The average Bonchev–Trinajstić information content (AvgIpc) is 2.97. The van der Waals surface area contributed by atoms with Crippen LogP contribution in [0.2, 0.25) is 0 Å². The third kappa shape index (κ3) is 3.00. The Bertz CT molecular complexity index is 818. The average molecular weight is 327 g/mol. The molecule has 6 heteroatoms. The molecule has 0 radical (unpaired) electrons. The fourth-order valence-electron chi connectivity index (χ4n) is 2.57. The molecular formula is C18H20FN4O+. The summed E-state index contributed by atoms with van der Waals surface area (Å²) in [7, 11) is 1.90. The third-order valence-electron chi connectivity index (χ3n) is 3.74. The van der Waals surface area contributed by atoms with Gasteiger partial charge in [0.1, 0.15) is 30.6 Å². The second-order valence-electron chi connectivity index (χ2n) is 6.04. The van der Waals surface area contributed by atoms with Gasteiger partial charge >= 0.3 is 0 Å². The molecule has 0 fully saturated rings. The van der Waals surface area contributed by atoms with Crippen LogP contribution in [0.4, 0.5) is 16.0 Å². The maximum Gasteiger partial charge on any atom is 0.260 e. The van der Waals surface area contributed by atoms with Gasteiger partial charge in [-0.05, 0) is 38.1 Å². The molecule has 1 aromatic heterocycles. The minimum Gasteiger partial charge on any atom is -0.490 e. The monoisotopic (exact) mass is 327 g/mol. The molecule has 1 aliphatic heterocycles. The molecule has 1 aromatic carbocycles. The number of benzene rings is 1. The number of nitrogen functional groups attached to an aromatic ring is 1. The van der Waals surface area contributed by atoms with Crippen LogP contribution in [0.3, 0.4) is 0 Å². The van der Waals surface area contributed by atoms with E-state index in [1.54, 1.807) is 12.3 Å². The highest BCUT2D eigenvalue weighted by molar-refractivity contribution is 5.80. The van der Waals surface area contributed by atoms with Gasteiger partial charge in [-0.2, -0.15) is 4.98 Å². The van der Waals surface area contributed by atoms with Crippen LogP contribution in [0.25, 0.3) is 11.1 Å². The number of nitrogens with zero attached hydrogens (tertiary/aromatic N) is 3. The number of quaternary nitrogens is 1. The number of hydrogen-bond acceptors (Lipinski definition) is 4. The highest BCUT2D eigenvalue weighted by atomic mass is 19.1. The van der Waals surface area contributed by atoms with Gasteiger partial charge in [0.25, 0.3) is 5.82 Å². The summed E-state index contributed by atoms with van der Waals surface area (Å²) in [5, 5.41) is 4.35. The van der Waals surface area contributed by atoms with Crippen molar-refractivity contribution in [2.45, 2.75) is 20.0 Å². The lowest BCUT2D eigenvalue weighted by atomic mass is 10.0. The topological polar surface area (TPSA) is 60.5 Å². The molecule has 2 heterocycles. The van der Waals surface area contributed by atoms with Crippen molar-refractivity contribution in [3.05, 3.63) is 48.4 Å². The summed E-state index contributed by atoms with van der Waals surface area (Å²) in [5.41, 5.74) is 7.37. The van der Waals surface area contributed by atoms with Crippen molar-refractivity contribution in [1.82, 2.24) is 9.58 Å². The van der Waals surface area contributed by atoms with Crippen LogP contribution in [0, 0.1) is 5.82 Å². The van der Waals surface area contributed by atoms with E-state index in [9.17, 15) is 4.39 Å². The Morgan fingerprint density at radius 1 is 1.17 bits per heavy atom. The van der Waals surface area contributed by atoms with E-state index >= 15 is 0 Å². The van der Waals surface area contributed by atoms with Crippen LogP contribution in [-0.4, -0.2) is 24.4 Å². The first-order valence-electron chi connectivity index (χ1n) is 7.72. The van der Waals surface area contributed by atoms with Gasteiger partial charge in [-0.25, -0.2) is 4.39 Å². The summed E-state index contributed by atoms with van der Waals surface area (Å²) in [6.07, 6.45) is 5.44. The van der Waals surface area contributed by atoms with E-state index in [0.29, 0.717) is 28.5 Å². The summed E-state index contributed by atoms with van der Waals surface area (Å²) in [6, 6.07) is 8.05. The summed E-state index contributed by atoms with van der Waals surface area (Å²) in [4.78, 5) is 4.46. The molecule has 3 rings (SSSR count). The van der Waals surface area contributed by atoms with E-state index in [0.717, 1.165) is 0 Å². The number of rotatable bonds is 4. The van der Waals surface area contributed by atoms with E-state index in [-0.39, 0.29) is 16.5 Å². The second-order valence-corrected chi connectivity index (χ2v) is 6.04. The molecule has 0 saturated heterocycles. The minimum atomic E-state index is -0.351. The first-order chi connectivity index (χ1) is 11.4. The van der Waals surface area contributed by atoms with Crippen LogP contribution in [-0.2, 0) is 0 Å². The van der Waals surface area contributed by atoms with Gasteiger partial charge < -0.3 is 10.5 Å². The van der Waals surface area contributed by atoms with Crippen molar-refractivity contribution in [3.8, 4) is 16.9 Å². The maximum absolute atomic E-state index is 13.7. The zero-order valence-corrected chi connectivity index (χ0v) is 13.9. The molecule has 0 saturated carbocycles. The Morgan fingerprint density at radius 2 is 1.96 bits per heavy atom. The van der Waals surface area contributed by atoms with E-state index in [4.69, 9.17) is 10.5 Å². The van der Waals surface area contributed by atoms with Gasteiger partial charge in [-0.3, -0.25) is 0 Å². The highest BCUT2D eigenvalue weighted by Gasteiger charge is 2.27. The standard InChI is InChI=1S/C18H20FN4O/c1-12(2)24-16-7-5-13(19)11-15(16)14-6-8-17(22-18(14)20)23(3)10-4-9-21-23/h4-12H,1-3H3,(H2,20,22)/q+1. The number of allylic oxidation sites excluding steroid dienone is 1. The number of halogens is 1. The lowest BCUT2D eigenvalue weighted by molar-refractivity contribution is 0.243. The molecule has 0 bridgehead atoms. The summed E-state index contributed by atoms with van der Waals surface area (Å²) < 4.78 is 19.7. The quantitative estimate of drug-likeness (QED) is 0.871. The van der Waals surface area contributed by atoms with Crippen molar-refractivity contribution < 1.29 is 9.13 Å². The number of pyridine rings is 1. The first kappa shape index (κ1) is 16.1. The van der Waals surface area contributed by atoms with E-state index in [2.05, 4.69) is 10.1 Å². The number of ether oxygens (including phenoxy) is 1. The maximum atomic E-state index is 13.7. The fraction of sp³-hybridized carbons (Fsp3) is 0.222. The van der Waals surface area contributed by atoms with Crippen LogP contribution in [0.5, 0.6) is 5.75 Å². The zero-order chi connectivity index (χ0) is 17.3. The van der Waals surface area contributed by atoms with Gasteiger partial charge in [-0.1, -0.05) is 5.10 Å². The molecule has 0 amide bonds. The summed E-state index contributed by atoms with van der Waals surface area (Å²) >= 11 is 0. The summed E-state index contributed by atoms with van der Waals surface area (Å²) in [5.74, 6) is 1.22. The molecule has 1 atom stereocenters. The number of nitrogens with two attached hydrogens (primary N) is 1. The SMILES string of the molecule is CC(C)Oc1ccc(F)cc1-c1ccc([N+]2(C)C=CC=N2)nc1N. The largest absolute Gasteiger partial charge is 0.490 e. The van der Waals surface area contributed by atoms with Crippen molar-refractivity contribution in [2.75, 3.05) is 12.8 Å². The third-order valence-corrected chi connectivity index (χ3v) is 3.74. The molecule has 0 aliphatic carbocycles. The molecular weight excluding hydrogens is 307 g/mol. The summed E-state index contributed by atoms with van der Waals surface area (Å²) in [6.45, 7) is 3.83. The number of hydrogen-bond donors (Lipinski definition) is 1. The van der Waals surface area contributed by atoms with Crippen LogP contribution in [0.15, 0.2) is 47.7 Å². The highest BCUT2D eigenvalue weighted by Crippen LogP contribution is 2.36. The second kappa shape index (κ2) is 6.05. The van der Waals surface area contributed by atoms with Crippen molar-refractivity contribution in [3.63, 3.8) is 0 Å². The van der Waals surface area contributed by atoms with Crippen LogP contribution < -0.4 is 15.1 Å². The number of aromatic nitrogens is 1. The molecule has 124 valence electrons. The van der Waals surface area contributed by atoms with E-state index in [1.807, 2.05) is 45.3 Å². The van der Waals surface area contributed by atoms with E-state index in [1.165, 1.54) is 12.1 Å². The van der Waals surface area contributed by atoms with E-state index < -0.39 is 0 Å². The first-order valence-corrected chi connectivity index (χ1v) is 7.72. The van der Waals surface area contributed by atoms with Crippen molar-refractivity contribution in [1.29, 1.82) is 0 Å². The predicted molar refractivity (Wildman–Crippen MR) is 95.2 cm³/mol. The predicted octanol–water partition coefficient (Wildman–Crippen LogP) is 3.71. The molecule has 24 heavy (non-hydrogen) atoms. The smallest absolute Gasteiger partial charge is 0.260 e. The van der Waals surface area contributed by atoms with Crippen LogP contribution in [0.1, 0.15) is 13.8 Å². The molecule has 2 N–H and O–H groups in total. The van der Waals surface area contributed by atoms with Crippen LogP contribution >= 0.6 is 0 Å². The minimum absolute atomic E-state index is 0.0313. The Kier molecular flexibility index (Phi) is 4.07. The number of anilines is 1. The molecule has 1 aliphatic rings. The zero-order valence-electron chi connectivity index (χ0n) is 13.9. The Hall–Kier alpha value is -2.73. The molecule has 5 nitrogen and oxygen atoms in total. The molecule has 0 spiro atoms. The lowest BCUT2D eigenvalue weighted by Crippen LogP contribution is -2.31. The van der Waals surface area contributed by atoms with Crippen molar-refractivity contribution >= 4 is 17.9 Å². The molecule has 2 aromatic rings. The normalized spacial score (nSPS) is 19.2. The lowest BCUT2D eigenvalue weighted by Gasteiger charge is -2.20. The van der Waals surface area contributed by atoms with Gasteiger partial charge in [0, 0.05) is 23.3 Å². The Labute approximate surface area is 140 Å². The van der Waals surface area contributed by atoms with Gasteiger partial charge in [0.2, 0.25) is 0 Å². The van der Waals surface area contributed by atoms with Crippen molar-refractivity contribution in [2.24, 2.45) is 5.10 Å². The van der Waals surface area contributed by atoms with Gasteiger partial charge in [0.05, 0.1) is 12.3 Å². The van der Waals surface area contributed by atoms with Gasteiger partial charge in [0.15, 0.2) is 0 Å². The molecule has 1 unspecified atom stereocenters. The fourth-order valence-corrected chi connectivity index (χ4v) is 2.57. The Balaban J connectivity index is 2.06. The Morgan fingerprint density at radius 3 is 2.58 bits per heavy atom.